The fraction of sp³-hybridized carbons (Fsp3) is 0.407. The summed E-state index contributed by atoms with van der Waals surface area (Å²) >= 11 is 0.980. The van der Waals surface area contributed by atoms with Crippen molar-refractivity contribution in [3.8, 4) is 22.7 Å². The van der Waals surface area contributed by atoms with Crippen LogP contribution < -0.4 is 10.1 Å². The molecule has 0 radical (unpaired) electrons. The number of methoxy groups -OCH3 is 2. The zero-order valence-electron chi connectivity index (χ0n) is 22.3. The highest BCUT2D eigenvalue weighted by molar-refractivity contribution is 8.14. The van der Waals surface area contributed by atoms with Crippen molar-refractivity contribution in [1.82, 2.24) is 9.55 Å². The zero-order valence-corrected chi connectivity index (χ0v) is 23.1. The molecule has 3 aromatic rings. The summed E-state index contributed by atoms with van der Waals surface area (Å²) in [5.41, 5.74) is 2.03. The Bertz CT molecular complexity index is 1260. The van der Waals surface area contributed by atoms with Crippen LogP contribution in [0.15, 0.2) is 61.1 Å². The van der Waals surface area contributed by atoms with Crippen molar-refractivity contribution in [1.29, 1.82) is 0 Å². The van der Waals surface area contributed by atoms with Gasteiger partial charge in [0.15, 0.2) is 0 Å². The second-order valence-corrected chi connectivity index (χ2v) is 9.92. The van der Waals surface area contributed by atoms with E-state index in [4.69, 9.17) is 18.9 Å². The molecule has 0 spiro atoms. The zero-order chi connectivity index (χ0) is 28.9. The molecule has 5 atom stereocenters. The Balaban J connectivity index is 1.37. The lowest BCUT2D eigenvalue weighted by Gasteiger charge is -2.43. The quantitative estimate of drug-likeness (QED) is 0.335. The van der Waals surface area contributed by atoms with E-state index in [1.807, 2.05) is 13.8 Å². The molecule has 0 aliphatic carbocycles. The summed E-state index contributed by atoms with van der Waals surface area (Å²) in [7, 11) is 3.14. The molecule has 1 aliphatic heterocycles. The van der Waals surface area contributed by atoms with Crippen LogP contribution in [-0.2, 0) is 18.9 Å². The lowest BCUT2D eigenvalue weighted by atomic mass is 10.0. The average molecular weight is 582 g/mol. The summed E-state index contributed by atoms with van der Waals surface area (Å²) < 4.78 is 65.8. The molecule has 0 unspecified atom stereocenters. The SMILES string of the molecule is CCO[C@@H]1[C@@H](OC)[C@H](C)O[C@@H](SC(=O)Nc2ccc(-c3cn(-c4ccc(OC(F)(F)F)cc4)cn3)cc2)[C@@H]1OC. The van der Waals surface area contributed by atoms with Crippen molar-refractivity contribution in [2.75, 3.05) is 26.1 Å². The Hall–Kier alpha value is -3.10. The number of imidazole rings is 1. The normalized spacial score (nSPS) is 23.1. The fourth-order valence-electron chi connectivity index (χ4n) is 4.43. The number of hydrogen-bond acceptors (Lipinski definition) is 8. The minimum Gasteiger partial charge on any atom is -0.406 e. The lowest BCUT2D eigenvalue weighted by molar-refractivity contribution is -0.274. The molecule has 4 rings (SSSR count). The average Bonchev–Trinajstić information content (AvgIpc) is 3.39. The number of nitrogens with one attached hydrogen (secondary N) is 1. The number of amides is 1. The maximum absolute atomic E-state index is 12.8. The van der Waals surface area contributed by atoms with E-state index in [0.29, 0.717) is 23.7 Å². The molecular weight excluding hydrogens is 551 g/mol. The Kier molecular flexibility index (Phi) is 9.74. The number of benzene rings is 2. The van der Waals surface area contributed by atoms with Gasteiger partial charge in [-0.3, -0.25) is 4.79 Å². The lowest BCUT2D eigenvalue weighted by Crippen LogP contribution is -2.58. The molecule has 2 aromatic carbocycles. The van der Waals surface area contributed by atoms with E-state index in [-0.39, 0.29) is 29.3 Å². The van der Waals surface area contributed by atoms with E-state index in [1.54, 1.807) is 55.6 Å². The molecule has 9 nitrogen and oxygen atoms in total. The van der Waals surface area contributed by atoms with Crippen molar-refractivity contribution in [2.45, 2.75) is 50.1 Å². The third-order valence-electron chi connectivity index (χ3n) is 6.23. The first-order valence-electron chi connectivity index (χ1n) is 12.4. The second kappa shape index (κ2) is 13.0. The van der Waals surface area contributed by atoms with Gasteiger partial charge in [-0.15, -0.1) is 13.2 Å². The molecule has 1 saturated heterocycles. The van der Waals surface area contributed by atoms with E-state index in [1.165, 1.54) is 24.3 Å². The number of alkyl halides is 3. The molecule has 40 heavy (non-hydrogen) atoms. The highest BCUT2D eigenvalue weighted by Crippen LogP contribution is 2.34. The molecule has 1 fully saturated rings. The highest BCUT2D eigenvalue weighted by atomic mass is 32.2. The van der Waals surface area contributed by atoms with Crippen LogP contribution >= 0.6 is 11.8 Å². The topological polar surface area (TPSA) is 93.1 Å². The Morgan fingerprint density at radius 2 is 1.73 bits per heavy atom. The molecule has 1 aromatic heterocycles. The first kappa shape index (κ1) is 29.9. The number of aromatic nitrogens is 2. The summed E-state index contributed by atoms with van der Waals surface area (Å²) in [6, 6.07) is 12.6. The number of nitrogens with zero attached hydrogens (tertiary/aromatic N) is 2. The van der Waals surface area contributed by atoms with Crippen LogP contribution in [0.1, 0.15) is 13.8 Å². The van der Waals surface area contributed by atoms with Gasteiger partial charge in [-0.25, -0.2) is 4.98 Å². The van der Waals surface area contributed by atoms with Gasteiger partial charge in [0.1, 0.15) is 29.5 Å². The third kappa shape index (κ3) is 7.34. The number of anilines is 1. The molecule has 2 heterocycles. The first-order chi connectivity index (χ1) is 19.1. The van der Waals surface area contributed by atoms with Crippen molar-refractivity contribution >= 4 is 22.7 Å². The van der Waals surface area contributed by atoms with Crippen LogP contribution in [0, 0.1) is 0 Å². The Morgan fingerprint density at radius 1 is 1.05 bits per heavy atom. The van der Waals surface area contributed by atoms with Gasteiger partial charge in [-0.2, -0.15) is 0 Å². The summed E-state index contributed by atoms with van der Waals surface area (Å²) in [5.74, 6) is -0.303. The van der Waals surface area contributed by atoms with E-state index in [9.17, 15) is 18.0 Å². The van der Waals surface area contributed by atoms with Crippen molar-refractivity contribution in [2.24, 2.45) is 0 Å². The number of thioether (sulfide) groups is 1. The van der Waals surface area contributed by atoms with Crippen molar-refractivity contribution < 1.29 is 41.7 Å². The summed E-state index contributed by atoms with van der Waals surface area (Å²) in [6.45, 7) is 4.22. The van der Waals surface area contributed by atoms with Crippen molar-refractivity contribution in [3.05, 3.63) is 61.1 Å². The number of rotatable bonds is 9. The molecular formula is C27H30F3N3O6S. The van der Waals surface area contributed by atoms with E-state index in [2.05, 4.69) is 15.0 Å². The van der Waals surface area contributed by atoms with Gasteiger partial charge in [0.05, 0.1) is 18.1 Å². The molecule has 1 N–H and O–H groups in total. The fourth-order valence-corrected chi connectivity index (χ4v) is 5.45. The number of hydrogen-bond donors (Lipinski definition) is 1. The monoisotopic (exact) mass is 581 g/mol. The number of halogens is 3. The number of carbonyl (C=O) groups is 1. The molecule has 13 heteroatoms. The summed E-state index contributed by atoms with van der Waals surface area (Å²) in [5, 5.41) is 2.53. The van der Waals surface area contributed by atoms with Crippen LogP contribution in [0.5, 0.6) is 5.75 Å². The van der Waals surface area contributed by atoms with Gasteiger partial charge < -0.3 is 33.6 Å². The standard InChI is InChI=1S/C27H30F3N3O6S/c1-5-37-23-22(35-3)16(2)38-25(24(23)36-4)40-26(34)32-18-8-6-17(7-9-18)21-14-33(15-31-21)19-10-12-20(13-11-19)39-27(28,29)30/h6-16,22-25H,5H2,1-4H3,(H,32,34)/t16-,22-,23+,24+,25-/m0/s1. The smallest absolute Gasteiger partial charge is 0.406 e. The molecule has 0 saturated carbocycles. The third-order valence-corrected chi connectivity index (χ3v) is 7.16. The molecule has 1 aliphatic rings. The number of ether oxygens (including phenoxy) is 5. The van der Waals surface area contributed by atoms with E-state index in [0.717, 1.165) is 17.3 Å². The van der Waals surface area contributed by atoms with Crippen LogP contribution in [0.25, 0.3) is 16.9 Å². The van der Waals surface area contributed by atoms with Gasteiger partial charge in [-0.05, 0) is 62.0 Å². The second-order valence-electron chi connectivity index (χ2n) is 8.85. The van der Waals surface area contributed by atoms with Gasteiger partial charge in [0.2, 0.25) is 0 Å². The van der Waals surface area contributed by atoms with Crippen LogP contribution in [0.3, 0.4) is 0 Å². The van der Waals surface area contributed by atoms with E-state index >= 15 is 0 Å². The number of carbonyl (C=O) groups excluding carboxylic acids is 1. The van der Waals surface area contributed by atoms with Crippen molar-refractivity contribution in [3.63, 3.8) is 0 Å². The summed E-state index contributed by atoms with van der Waals surface area (Å²) in [4.78, 5) is 17.2. The minimum atomic E-state index is -4.75. The minimum absolute atomic E-state index is 0.302. The molecule has 0 bridgehead atoms. The van der Waals surface area contributed by atoms with Gasteiger partial charge in [0.25, 0.3) is 5.24 Å². The Morgan fingerprint density at radius 3 is 2.33 bits per heavy atom. The van der Waals surface area contributed by atoms with Gasteiger partial charge in [-0.1, -0.05) is 12.1 Å². The van der Waals surface area contributed by atoms with Crippen LogP contribution in [0.2, 0.25) is 0 Å². The predicted molar refractivity (Wildman–Crippen MR) is 144 cm³/mol. The van der Waals surface area contributed by atoms with E-state index < -0.39 is 17.9 Å². The van der Waals surface area contributed by atoms with Crippen LogP contribution in [0.4, 0.5) is 23.7 Å². The summed E-state index contributed by atoms with van der Waals surface area (Å²) in [6.07, 6.45) is -2.97. The van der Waals surface area contributed by atoms with Gasteiger partial charge in [0, 0.05) is 44.0 Å². The predicted octanol–water partition coefficient (Wildman–Crippen LogP) is 5.88. The highest BCUT2D eigenvalue weighted by Gasteiger charge is 2.46. The Labute approximate surface area is 233 Å². The maximum atomic E-state index is 12.8. The molecule has 216 valence electrons. The first-order valence-corrected chi connectivity index (χ1v) is 13.3. The van der Waals surface area contributed by atoms with Gasteiger partial charge >= 0.3 is 6.36 Å². The maximum Gasteiger partial charge on any atom is 0.573 e. The molecule has 1 amide bonds. The largest absolute Gasteiger partial charge is 0.573 e. The van der Waals surface area contributed by atoms with Crippen LogP contribution in [-0.4, -0.2) is 71.8 Å².